The van der Waals surface area contributed by atoms with Gasteiger partial charge in [0.25, 0.3) is 0 Å². The molecule has 1 saturated heterocycles. The molecule has 0 radical (unpaired) electrons. The Morgan fingerprint density at radius 2 is 2.00 bits per heavy atom. The minimum absolute atomic E-state index is 0.107. The van der Waals surface area contributed by atoms with E-state index in [1.807, 2.05) is 27.7 Å². The van der Waals surface area contributed by atoms with Gasteiger partial charge in [0.1, 0.15) is 5.60 Å². The second kappa shape index (κ2) is 6.89. The van der Waals surface area contributed by atoms with E-state index in [2.05, 4.69) is 5.32 Å². The van der Waals surface area contributed by atoms with E-state index in [-0.39, 0.29) is 30.8 Å². The molecule has 1 rings (SSSR count). The number of hydrogen-bond acceptors (Lipinski definition) is 4. The van der Waals surface area contributed by atoms with Crippen LogP contribution in [0.1, 0.15) is 47.0 Å². The van der Waals surface area contributed by atoms with Crippen molar-refractivity contribution < 1.29 is 19.1 Å². The molecular formula is C14H25NO4. The van der Waals surface area contributed by atoms with E-state index in [9.17, 15) is 9.59 Å². The molecule has 1 fully saturated rings. The highest BCUT2D eigenvalue weighted by atomic mass is 16.6. The Bertz CT molecular complexity index is 322. The fourth-order valence-electron chi connectivity index (χ4n) is 1.99. The predicted molar refractivity (Wildman–Crippen MR) is 71.6 cm³/mol. The SMILES string of the molecule is CC1OCCC1CNC(=O)CCC(=O)OC(C)(C)C. The molecule has 1 aliphatic heterocycles. The lowest BCUT2D eigenvalue weighted by atomic mass is 10.0. The van der Waals surface area contributed by atoms with Crippen molar-refractivity contribution in [2.45, 2.75) is 58.7 Å². The topological polar surface area (TPSA) is 64.6 Å². The van der Waals surface area contributed by atoms with Crippen LogP contribution in [0.5, 0.6) is 0 Å². The molecule has 19 heavy (non-hydrogen) atoms. The lowest BCUT2D eigenvalue weighted by Gasteiger charge is -2.19. The highest BCUT2D eigenvalue weighted by molar-refractivity contribution is 5.81. The maximum absolute atomic E-state index is 11.6. The van der Waals surface area contributed by atoms with Gasteiger partial charge in [0.05, 0.1) is 12.5 Å². The summed E-state index contributed by atoms with van der Waals surface area (Å²) in [5.41, 5.74) is -0.496. The molecule has 2 unspecified atom stereocenters. The van der Waals surface area contributed by atoms with Gasteiger partial charge in [-0.25, -0.2) is 0 Å². The first kappa shape index (κ1) is 16.0. The van der Waals surface area contributed by atoms with E-state index in [0.29, 0.717) is 12.5 Å². The van der Waals surface area contributed by atoms with E-state index >= 15 is 0 Å². The molecule has 1 aliphatic rings. The zero-order chi connectivity index (χ0) is 14.5. The number of esters is 1. The van der Waals surface area contributed by atoms with Crippen molar-refractivity contribution in [3.8, 4) is 0 Å². The molecule has 110 valence electrons. The van der Waals surface area contributed by atoms with E-state index in [4.69, 9.17) is 9.47 Å². The number of ether oxygens (including phenoxy) is 2. The third kappa shape index (κ3) is 6.57. The minimum atomic E-state index is -0.496. The highest BCUT2D eigenvalue weighted by Crippen LogP contribution is 2.19. The van der Waals surface area contributed by atoms with Gasteiger partial charge in [-0.1, -0.05) is 0 Å². The highest BCUT2D eigenvalue weighted by Gasteiger charge is 2.24. The fraction of sp³-hybridized carbons (Fsp3) is 0.857. The monoisotopic (exact) mass is 271 g/mol. The van der Waals surface area contributed by atoms with E-state index in [1.165, 1.54) is 0 Å². The summed E-state index contributed by atoms with van der Waals surface area (Å²) >= 11 is 0. The maximum Gasteiger partial charge on any atom is 0.306 e. The Hall–Kier alpha value is -1.10. The first-order valence-corrected chi connectivity index (χ1v) is 6.88. The number of amides is 1. The smallest absolute Gasteiger partial charge is 0.306 e. The first-order chi connectivity index (χ1) is 8.78. The molecule has 5 heteroatoms. The summed E-state index contributed by atoms with van der Waals surface area (Å²) in [5, 5.41) is 2.85. The zero-order valence-corrected chi connectivity index (χ0v) is 12.3. The van der Waals surface area contributed by atoms with Crippen LogP contribution in [-0.2, 0) is 19.1 Å². The molecule has 5 nitrogen and oxygen atoms in total. The Balaban J connectivity index is 2.16. The number of nitrogens with one attached hydrogen (secondary N) is 1. The summed E-state index contributed by atoms with van der Waals surface area (Å²) in [6.07, 6.45) is 1.48. The fourth-order valence-corrected chi connectivity index (χ4v) is 1.99. The Morgan fingerprint density at radius 3 is 2.53 bits per heavy atom. The summed E-state index contributed by atoms with van der Waals surface area (Å²) in [4.78, 5) is 23.1. The largest absolute Gasteiger partial charge is 0.460 e. The van der Waals surface area contributed by atoms with E-state index in [1.54, 1.807) is 0 Å². The average Bonchev–Trinajstić information content (AvgIpc) is 2.67. The third-order valence-corrected chi connectivity index (χ3v) is 3.07. The van der Waals surface area contributed by atoms with Crippen molar-refractivity contribution >= 4 is 11.9 Å². The van der Waals surface area contributed by atoms with Crippen molar-refractivity contribution in [2.24, 2.45) is 5.92 Å². The normalized spacial score (nSPS) is 23.2. The van der Waals surface area contributed by atoms with Crippen molar-refractivity contribution in [1.29, 1.82) is 0 Å². The Labute approximate surface area is 115 Å². The molecule has 1 amide bonds. The van der Waals surface area contributed by atoms with Gasteiger partial charge in [-0.05, 0) is 34.1 Å². The molecule has 1 N–H and O–H groups in total. The van der Waals surface area contributed by atoms with Gasteiger partial charge >= 0.3 is 5.97 Å². The number of carbonyl (C=O) groups excluding carboxylic acids is 2. The van der Waals surface area contributed by atoms with Crippen molar-refractivity contribution in [2.75, 3.05) is 13.2 Å². The van der Waals surface area contributed by atoms with Crippen LogP contribution in [0.3, 0.4) is 0 Å². The summed E-state index contributed by atoms with van der Waals surface area (Å²) in [6.45, 7) is 8.84. The summed E-state index contributed by atoms with van der Waals surface area (Å²) in [5.74, 6) is -0.0596. The maximum atomic E-state index is 11.6. The average molecular weight is 271 g/mol. The van der Waals surface area contributed by atoms with Crippen molar-refractivity contribution in [1.82, 2.24) is 5.32 Å². The van der Waals surface area contributed by atoms with Gasteiger partial charge in [0.2, 0.25) is 5.91 Å². The molecule has 0 spiro atoms. The summed E-state index contributed by atoms with van der Waals surface area (Å²) in [7, 11) is 0. The first-order valence-electron chi connectivity index (χ1n) is 6.88. The molecular weight excluding hydrogens is 246 g/mol. The van der Waals surface area contributed by atoms with Gasteiger partial charge < -0.3 is 14.8 Å². The zero-order valence-electron chi connectivity index (χ0n) is 12.3. The number of rotatable bonds is 5. The van der Waals surface area contributed by atoms with Crippen LogP contribution in [0.2, 0.25) is 0 Å². The molecule has 0 aromatic heterocycles. The van der Waals surface area contributed by atoms with Crippen LogP contribution in [0.4, 0.5) is 0 Å². The van der Waals surface area contributed by atoms with Crippen LogP contribution in [0, 0.1) is 5.92 Å². The van der Waals surface area contributed by atoms with E-state index < -0.39 is 5.60 Å². The lowest BCUT2D eigenvalue weighted by Crippen LogP contribution is -2.32. The quantitative estimate of drug-likeness (QED) is 0.772. The van der Waals surface area contributed by atoms with Gasteiger partial charge in [0, 0.05) is 25.5 Å². The molecule has 0 saturated carbocycles. The summed E-state index contributed by atoms with van der Waals surface area (Å²) < 4.78 is 10.6. The molecule has 0 aromatic carbocycles. The van der Waals surface area contributed by atoms with E-state index in [0.717, 1.165) is 13.0 Å². The lowest BCUT2D eigenvalue weighted by molar-refractivity contribution is -0.155. The standard InChI is InChI=1S/C14H25NO4/c1-10-11(7-8-18-10)9-15-12(16)5-6-13(17)19-14(2,3)4/h10-11H,5-9H2,1-4H3,(H,15,16). The number of hydrogen-bond donors (Lipinski definition) is 1. The molecule has 0 aromatic rings. The van der Waals surface area contributed by atoms with Crippen LogP contribution < -0.4 is 5.32 Å². The molecule has 0 aliphatic carbocycles. The predicted octanol–water partition coefficient (Wildman–Crippen LogP) is 1.65. The van der Waals surface area contributed by atoms with Gasteiger partial charge in [-0.3, -0.25) is 9.59 Å². The van der Waals surface area contributed by atoms with Crippen LogP contribution >= 0.6 is 0 Å². The second-order valence-corrected chi connectivity index (χ2v) is 6.02. The van der Waals surface area contributed by atoms with Crippen LogP contribution in [-0.4, -0.2) is 36.7 Å². The van der Waals surface area contributed by atoms with Gasteiger partial charge in [-0.2, -0.15) is 0 Å². The Kier molecular flexibility index (Phi) is 5.79. The molecule has 1 heterocycles. The van der Waals surface area contributed by atoms with Gasteiger partial charge in [-0.15, -0.1) is 0 Å². The third-order valence-electron chi connectivity index (χ3n) is 3.07. The second-order valence-electron chi connectivity index (χ2n) is 6.02. The van der Waals surface area contributed by atoms with Gasteiger partial charge in [0.15, 0.2) is 0 Å². The van der Waals surface area contributed by atoms with Crippen LogP contribution in [0.25, 0.3) is 0 Å². The number of carbonyl (C=O) groups is 2. The molecule has 2 atom stereocenters. The summed E-state index contributed by atoms with van der Waals surface area (Å²) in [6, 6.07) is 0. The Morgan fingerprint density at radius 1 is 1.32 bits per heavy atom. The molecule has 0 bridgehead atoms. The van der Waals surface area contributed by atoms with Crippen molar-refractivity contribution in [3.63, 3.8) is 0 Å². The minimum Gasteiger partial charge on any atom is -0.460 e. The van der Waals surface area contributed by atoms with Crippen molar-refractivity contribution in [3.05, 3.63) is 0 Å². The van der Waals surface area contributed by atoms with Crippen LogP contribution in [0.15, 0.2) is 0 Å².